The second kappa shape index (κ2) is 4.24. The molecule has 1 heterocycles. The van der Waals surface area contributed by atoms with E-state index in [-0.39, 0.29) is 10.8 Å². The predicted molar refractivity (Wildman–Crippen MR) is 59.1 cm³/mol. The van der Waals surface area contributed by atoms with Crippen LogP contribution in [0.1, 0.15) is 0 Å². The van der Waals surface area contributed by atoms with Crippen LogP contribution in [0.2, 0.25) is 5.15 Å². The SMILES string of the molecule is O=[N+]([O-])c1ccc(-c2ccnnc2Cl)cc1. The maximum Gasteiger partial charge on any atom is 0.269 e. The zero-order valence-corrected chi connectivity index (χ0v) is 8.76. The molecule has 5 nitrogen and oxygen atoms in total. The van der Waals surface area contributed by atoms with Gasteiger partial charge in [-0.15, -0.1) is 5.10 Å². The van der Waals surface area contributed by atoms with Gasteiger partial charge in [-0.3, -0.25) is 10.1 Å². The van der Waals surface area contributed by atoms with Crippen LogP contribution in [0.25, 0.3) is 11.1 Å². The highest BCUT2D eigenvalue weighted by Crippen LogP contribution is 2.26. The Bertz CT molecular complexity index is 528. The molecule has 0 N–H and O–H groups in total. The minimum atomic E-state index is -0.448. The van der Waals surface area contributed by atoms with Gasteiger partial charge in [0.15, 0.2) is 5.15 Å². The van der Waals surface area contributed by atoms with E-state index in [9.17, 15) is 10.1 Å². The number of halogens is 1. The van der Waals surface area contributed by atoms with Crippen molar-refractivity contribution in [1.29, 1.82) is 0 Å². The summed E-state index contributed by atoms with van der Waals surface area (Å²) in [6.45, 7) is 0. The molecular formula is C10H6ClN3O2. The molecule has 0 bridgehead atoms. The number of aromatic nitrogens is 2. The minimum absolute atomic E-state index is 0.0434. The first-order chi connectivity index (χ1) is 7.68. The summed E-state index contributed by atoms with van der Waals surface area (Å²) in [5, 5.41) is 18.1. The van der Waals surface area contributed by atoms with E-state index in [0.29, 0.717) is 5.56 Å². The number of hydrogen-bond donors (Lipinski definition) is 0. The topological polar surface area (TPSA) is 68.9 Å². The first-order valence-electron chi connectivity index (χ1n) is 4.40. The van der Waals surface area contributed by atoms with Crippen LogP contribution in [0.3, 0.4) is 0 Å². The van der Waals surface area contributed by atoms with Crippen molar-refractivity contribution >= 4 is 17.3 Å². The number of benzene rings is 1. The zero-order chi connectivity index (χ0) is 11.5. The van der Waals surface area contributed by atoms with Crippen molar-refractivity contribution in [2.75, 3.05) is 0 Å². The third kappa shape index (κ3) is 1.99. The lowest BCUT2D eigenvalue weighted by molar-refractivity contribution is -0.384. The van der Waals surface area contributed by atoms with Gasteiger partial charge in [-0.2, -0.15) is 5.10 Å². The van der Waals surface area contributed by atoms with Gasteiger partial charge < -0.3 is 0 Å². The summed E-state index contributed by atoms with van der Waals surface area (Å²) in [6, 6.07) is 7.80. The molecule has 0 unspecified atom stereocenters. The van der Waals surface area contributed by atoms with Gasteiger partial charge in [0.05, 0.1) is 11.1 Å². The van der Waals surface area contributed by atoms with E-state index in [4.69, 9.17) is 11.6 Å². The van der Waals surface area contributed by atoms with Crippen molar-refractivity contribution in [3.63, 3.8) is 0 Å². The molecule has 0 spiro atoms. The number of hydrogen-bond acceptors (Lipinski definition) is 4. The van der Waals surface area contributed by atoms with Gasteiger partial charge in [0.2, 0.25) is 0 Å². The molecule has 0 aliphatic carbocycles. The predicted octanol–water partition coefficient (Wildman–Crippen LogP) is 2.71. The second-order valence-electron chi connectivity index (χ2n) is 3.04. The van der Waals surface area contributed by atoms with Crippen molar-refractivity contribution in [2.45, 2.75) is 0 Å². The van der Waals surface area contributed by atoms with E-state index in [1.54, 1.807) is 18.2 Å². The summed E-state index contributed by atoms with van der Waals surface area (Å²) in [5.74, 6) is 0. The summed E-state index contributed by atoms with van der Waals surface area (Å²) in [7, 11) is 0. The minimum Gasteiger partial charge on any atom is -0.258 e. The molecule has 1 aromatic heterocycles. The Balaban J connectivity index is 2.43. The van der Waals surface area contributed by atoms with Crippen molar-refractivity contribution < 1.29 is 4.92 Å². The molecular weight excluding hydrogens is 230 g/mol. The van der Waals surface area contributed by atoms with E-state index in [0.717, 1.165) is 5.56 Å². The maximum atomic E-state index is 10.5. The Kier molecular flexibility index (Phi) is 2.78. The highest BCUT2D eigenvalue weighted by Gasteiger charge is 2.07. The number of non-ortho nitro benzene ring substituents is 1. The highest BCUT2D eigenvalue weighted by atomic mass is 35.5. The van der Waals surface area contributed by atoms with Crippen LogP contribution < -0.4 is 0 Å². The average molecular weight is 236 g/mol. The van der Waals surface area contributed by atoms with Gasteiger partial charge in [0.1, 0.15) is 0 Å². The fraction of sp³-hybridized carbons (Fsp3) is 0. The van der Waals surface area contributed by atoms with Gasteiger partial charge in [-0.25, -0.2) is 0 Å². The van der Waals surface area contributed by atoms with Crippen molar-refractivity contribution in [1.82, 2.24) is 10.2 Å². The Morgan fingerprint density at radius 3 is 2.44 bits per heavy atom. The van der Waals surface area contributed by atoms with Crippen LogP contribution in [0.5, 0.6) is 0 Å². The lowest BCUT2D eigenvalue weighted by Crippen LogP contribution is -1.89. The molecule has 0 aliphatic rings. The van der Waals surface area contributed by atoms with E-state index in [2.05, 4.69) is 10.2 Å². The first-order valence-corrected chi connectivity index (χ1v) is 4.78. The lowest BCUT2D eigenvalue weighted by Gasteiger charge is -2.01. The molecule has 0 amide bonds. The van der Waals surface area contributed by atoms with Gasteiger partial charge in [0, 0.05) is 17.7 Å². The lowest BCUT2D eigenvalue weighted by atomic mass is 10.1. The first kappa shape index (κ1) is 10.5. The molecule has 2 aromatic rings. The molecule has 1 aromatic carbocycles. The monoisotopic (exact) mass is 235 g/mol. The standard InChI is InChI=1S/C10H6ClN3O2/c11-10-9(5-6-12-13-10)7-1-3-8(4-2-7)14(15)16/h1-6H. The van der Waals surface area contributed by atoms with Crippen molar-refractivity contribution in [3.8, 4) is 11.1 Å². The van der Waals surface area contributed by atoms with Crippen molar-refractivity contribution in [2.24, 2.45) is 0 Å². The van der Waals surface area contributed by atoms with E-state index in [1.165, 1.54) is 18.3 Å². The van der Waals surface area contributed by atoms with E-state index in [1.807, 2.05) is 0 Å². The van der Waals surface area contributed by atoms with Crippen LogP contribution in [0.4, 0.5) is 5.69 Å². The molecule has 6 heteroatoms. The summed E-state index contributed by atoms with van der Waals surface area (Å²) in [6.07, 6.45) is 1.52. The molecule has 0 atom stereocenters. The highest BCUT2D eigenvalue weighted by molar-refractivity contribution is 6.32. The Morgan fingerprint density at radius 2 is 1.88 bits per heavy atom. The summed E-state index contributed by atoms with van der Waals surface area (Å²) >= 11 is 5.85. The van der Waals surface area contributed by atoms with Gasteiger partial charge in [-0.1, -0.05) is 11.6 Å². The molecule has 80 valence electrons. The largest absolute Gasteiger partial charge is 0.269 e. The summed E-state index contributed by atoms with van der Waals surface area (Å²) < 4.78 is 0. The Hall–Kier alpha value is -2.01. The normalized spacial score (nSPS) is 10.1. The Morgan fingerprint density at radius 1 is 1.19 bits per heavy atom. The molecule has 0 aliphatic heterocycles. The fourth-order valence-electron chi connectivity index (χ4n) is 1.29. The third-order valence-electron chi connectivity index (χ3n) is 2.06. The summed E-state index contributed by atoms with van der Waals surface area (Å²) in [4.78, 5) is 10.0. The van der Waals surface area contributed by atoms with Crippen LogP contribution in [-0.4, -0.2) is 15.1 Å². The second-order valence-corrected chi connectivity index (χ2v) is 3.40. The van der Waals surface area contributed by atoms with E-state index < -0.39 is 4.92 Å². The fourth-order valence-corrected chi connectivity index (χ4v) is 1.51. The van der Waals surface area contributed by atoms with Crippen LogP contribution in [0.15, 0.2) is 36.5 Å². The summed E-state index contributed by atoms with van der Waals surface area (Å²) in [5.41, 5.74) is 1.51. The maximum absolute atomic E-state index is 10.5. The molecule has 0 saturated heterocycles. The van der Waals surface area contributed by atoms with Gasteiger partial charge >= 0.3 is 0 Å². The number of nitro benzene ring substituents is 1. The molecule has 2 rings (SSSR count). The molecule has 0 radical (unpaired) electrons. The quantitative estimate of drug-likeness (QED) is 0.593. The van der Waals surface area contributed by atoms with Crippen LogP contribution in [-0.2, 0) is 0 Å². The number of rotatable bonds is 2. The third-order valence-corrected chi connectivity index (χ3v) is 2.34. The van der Waals surface area contributed by atoms with Gasteiger partial charge in [0.25, 0.3) is 5.69 Å². The Labute approximate surface area is 95.9 Å². The van der Waals surface area contributed by atoms with Crippen LogP contribution in [0, 0.1) is 10.1 Å². The number of nitrogens with zero attached hydrogens (tertiary/aromatic N) is 3. The molecule has 16 heavy (non-hydrogen) atoms. The van der Waals surface area contributed by atoms with Gasteiger partial charge in [-0.05, 0) is 23.8 Å². The van der Waals surface area contributed by atoms with Crippen LogP contribution >= 0.6 is 11.6 Å². The average Bonchev–Trinajstić information content (AvgIpc) is 2.30. The smallest absolute Gasteiger partial charge is 0.258 e. The molecule has 0 fully saturated rings. The van der Waals surface area contributed by atoms with Crippen molar-refractivity contribution in [3.05, 3.63) is 51.8 Å². The number of nitro groups is 1. The molecule has 0 saturated carbocycles. The van der Waals surface area contributed by atoms with E-state index >= 15 is 0 Å². The zero-order valence-electron chi connectivity index (χ0n) is 8.00.